The van der Waals surface area contributed by atoms with Gasteiger partial charge in [-0.1, -0.05) is 23.7 Å². The van der Waals surface area contributed by atoms with Crippen molar-refractivity contribution in [1.29, 1.82) is 0 Å². The van der Waals surface area contributed by atoms with Crippen LogP contribution in [0.1, 0.15) is 11.1 Å². The number of rotatable bonds is 6. The molecule has 0 atom stereocenters. The highest BCUT2D eigenvalue weighted by atomic mass is 35.5. The van der Waals surface area contributed by atoms with Crippen LogP contribution in [0, 0.1) is 13.8 Å². The lowest BCUT2D eigenvalue weighted by Crippen LogP contribution is -2.36. The van der Waals surface area contributed by atoms with Crippen molar-refractivity contribution in [2.24, 2.45) is 0 Å². The summed E-state index contributed by atoms with van der Waals surface area (Å²) in [5.41, 5.74) is 3.62. The molecule has 0 saturated heterocycles. The molecule has 2 amide bonds. The Balaban J connectivity index is 1.83. The average Bonchev–Trinajstić information content (AvgIpc) is 2.53. The highest BCUT2D eigenvalue weighted by Gasteiger charge is 2.12. The van der Waals surface area contributed by atoms with Gasteiger partial charge in [-0.15, -0.1) is 0 Å². The molecule has 2 aromatic carbocycles. The third-order valence-electron chi connectivity index (χ3n) is 3.83. The lowest BCUT2D eigenvalue weighted by atomic mass is 10.1. The first-order valence-electron chi connectivity index (χ1n) is 7.95. The number of likely N-dealkylation sites (N-methyl/N-ethyl adjacent to an activating group) is 1. The van der Waals surface area contributed by atoms with Gasteiger partial charge in [0, 0.05) is 16.4 Å². The topological polar surface area (TPSA) is 61.4 Å². The van der Waals surface area contributed by atoms with E-state index in [1.807, 2.05) is 32.0 Å². The van der Waals surface area contributed by atoms with Gasteiger partial charge in [-0.05, 0) is 62.4 Å². The minimum absolute atomic E-state index is 0.114. The number of nitrogens with zero attached hydrogens (tertiary/aromatic N) is 1. The quantitative estimate of drug-likeness (QED) is 0.830. The van der Waals surface area contributed by atoms with Crippen LogP contribution in [0.4, 0.5) is 11.4 Å². The predicted molar refractivity (Wildman–Crippen MR) is 102 cm³/mol. The van der Waals surface area contributed by atoms with Crippen LogP contribution in [0.25, 0.3) is 0 Å². The van der Waals surface area contributed by atoms with E-state index < -0.39 is 0 Å². The first-order chi connectivity index (χ1) is 11.8. The predicted octanol–water partition coefficient (Wildman–Crippen LogP) is 3.47. The molecular formula is C19H22ClN3O2. The maximum absolute atomic E-state index is 12.2. The number of carbonyl (C=O) groups excluding carboxylic acids is 2. The van der Waals surface area contributed by atoms with Crippen molar-refractivity contribution in [2.45, 2.75) is 13.8 Å². The largest absolute Gasteiger partial charge is 0.325 e. The summed E-state index contributed by atoms with van der Waals surface area (Å²) in [4.78, 5) is 25.9. The Morgan fingerprint density at radius 1 is 0.960 bits per heavy atom. The van der Waals surface area contributed by atoms with Gasteiger partial charge in [0.15, 0.2) is 0 Å². The standard InChI is InChI=1S/C19H22ClN3O2/c1-13-5-4-6-17(14(13)2)22-19(25)12-23(3)11-18(24)21-16-9-7-15(20)8-10-16/h4-10H,11-12H2,1-3H3,(H,21,24)(H,22,25). The van der Waals surface area contributed by atoms with E-state index in [1.165, 1.54) is 0 Å². The number of carbonyl (C=O) groups is 2. The first kappa shape index (κ1) is 19.0. The fourth-order valence-corrected chi connectivity index (χ4v) is 2.48. The summed E-state index contributed by atoms with van der Waals surface area (Å²) in [5.74, 6) is -0.347. The smallest absolute Gasteiger partial charge is 0.238 e. The molecule has 25 heavy (non-hydrogen) atoms. The summed E-state index contributed by atoms with van der Waals surface area (Å²) in [7, 11) is 1.73. The molecule has 0 unspecified atom stereocenters. The van der Waals surface area contributed by atoms with Crippen LogP contribution in [0.2, 0.25) is 5.02 Å². The Kier molecular flexibility index (Phi) is 6.56. The van der Waals surface area contributed by atoms with Gasteiger partial charge in [0.1, 0.15) is 0 Å². The lowest BCUT2D eigenvalue weighted by Gasteiger charge is -2.17. The van der Waals surface area contributed by atoms with Crippen molar-refractivity contribution < 1.29 is 9.59 Å². The molecule has 5 nitrogen and oxygen atoms in total. The van der Waals surface area contributed by atoms with Crippen molar-refractivity contribution in [1.82, 2.24) is 4.90 Å². The summed E-state index contributed by atoms with van der Waals surface area (Å²) in [6.45, 7) is 4.21. The van der Waals surface area contributed by atoms with Crippen molar-refractivity contribution in [2.75, 3.05) is 30.8 Å². The molecule has 0 aliphatic rings. The number of anilines is 2. The summed E-state index contributed by atoms with van der Waals surface area (Å²) >= 11 is 5.81. The first-order valence-corrected chi connectivity index (χ1v) is 8.33. The van der Waals surface area contributed by atoms with Crippen LogP contribution in [0.5, 0.6) is 0 Å². The van der Waals surface area contributed by atoms with Gasteiger partial charge >= 0.3 is 0 Å². The normalized spacial score (nSPS) is 10.6. The molecule has 0 spiro atoms. The summed E-state index contributed by atoms with van der Waals surface area (Å²) < 4.78 is 0. The number of halogens is 1. The van der Waals surface area contributed by atoms with E-state index in [1.54, 1.807) is 36.2 Å². The highest BCUT2D eigenvalue weighted by Crippen LogP contribution is 2.17. The fourth-order valence-electron chi connectivity index (χ4n) is 2.36. The molecule has 0 aromatic heterocycles. The van der Waals surface area contributed by atoms with Gasteiger partial charge in [0.25, 0.3) is 0 Å². The number of hydrogen-bond acceptors (Lipinski definition) is 3. The molecule has 0 saturated carbocycles. The Morgan fingerprint density at radius 3 is 2.20 bits per heavy atom. The second kappa shape index (κ2) is 8.65. The Morgan fingerprint density at radius 2 is 1.56 bits per heavy atom. The number of benzene rings is 2. The third-order valence-corrected chi connectivity index (χ3v) is 4.09. The van der Waals surface area contributed by atoms with Crippen molar-refractivity contribution in [3.63, 3.8) is 0 Å². The maximum Gasteiger partial charge on any atom is 0.238 e. The Bertz CT molecular complexity index is 760. The van der Waals surface area contributed by atoms with E-state index in [9.17, 15) is 9.59 Å². The van der Waals surface area contributed by atoms with Crippen molar-refractivity contribution in [3.05, 3.63) is 58.6 Å². The van der Waals surface area contributed by atoms with Gasteiger partial charge in [-0.25, -0.2) is 0 Å². The van der Waals surface area contributed by atoms with Gasteiger partial charge in [0.2, 0.25) is 11.8 Å². The van der Waals surface area contributed by atoms with E-state index in [0.29, 0.717) is 10.7 Å². The van der Waals surface area contributed by atoms with Gasteiger partial charge in [0.05, 0.1) is 13.1 Å². The molecule has 6 heteroatoms. The van der Waals surface area contributed by atoms with E-state index in [4.69, 9.17) is 11.6 Å². The van der Waals surface area contributed by atoms with E-state index >= 15 is 0 Å². The number of hydrogen-bond donors (Lipinski definition) is 2. The SMILES string of the molecule is Cc1cccc(NC(=O)CN(C)CC(=O)Nc2ccc(Cl)cc2)c1C. The Labute approximate surface area is 153 Å². The maximum atomic E-state index is 12.2. The van der Waals surface area contributed by atoms with Crippen LogP contribution in [-0.4, -0.2) is 36.9 Å². The van der Waals surface area contributed by atoms with Gasteiger partial charge in [-0.3, -0.25) is 14.5 Å². The van der Waals surface area contributed by atoms with E-state index in [2.05, 4.69) is 10.6 Å². The fraction of sp³-hybridized carbons (Fsp3) is 0.263. The molecule has 132 valence electrons. The van der Waals surface area contributed by atoms with Crippen LogP contribution >= 0.6 is 11.6 Å². The molecule has 0 aliphatic heterocycles. The zero-order valence-corrected chi connectivity index (χ0v) is 15.4. The average molecular weight is 360 g/mol. The van der Waals surface area contributed by atoms with Gasteiger partial charge < -0.3 is 10.6 Å². The number of nitrogens with one attached hydrogen (secondary N) is 2. The second-order valence-corrected chi connectivity index (χ2v) is 6.46. The minimum atomic E-state index is -0.190. The number of amides is 2. The summed E-state index contributed by atoms with van der Waals surface area (Å²) in [6.07, 6.45) is 0. The molecule has 0 heterocycles. The Hall–Kier alpha value is -2.37. The molecule has 2 rings (SSSR count). The van der Waals surface area contributed by atoms with Crippen LogP contribution in [0.15, 0.2) is 42.5 Å². The molecule has 0 bridgehead atoms. The molecule has 2 aromatic rings. The lowest BCUT2D eigenvalue weighted by molar-refractivity contribution is -0.119. The molecular weight excluding hydrogens is 338 g/mol. The minimum Gasteiger partial charge on any atom is -0.325 e. The summed E-state index contributed by atoms with van der Waals surface area (Å²) in [6, 6.07) is 12.6. The van der Waals surface area contributed by atoms with E-state index in [0.717, 1.165) is 16.8 Å². The number of aryl methyl sites for hydroxylation is 1. The van der Waals surface area contributed by atoms with Crippen LogP contribution in [0.3, 0.4) is 0 Å². The zero-order chi connectivity index (χ0) is 18.4. The van der Waals surface area contributed by atoms with Crippen molar-refractivity contribution in [3.8, 4) is 0 Å². The van der Waals surface area contributed by atoms with Gasteiger partial charge in [-0.2, -0.15) is 0 Å². The van der Waals surface area contributed by atoms with Crippen LogP contribution < -0.4 is 10.6 Å². The molecule has 0 fully saturated rings. The van der Waals surface area contributed by atoms with Crippen molar-refractivity contribution >= 4 is 34.8 Å². The third kappa shape index (κ3) is 5.89. The van der Waals surface area contributed by atoms with E-state index in [-0.39, 0.29) is 24.9 Å². The highest BCUT2D eigenvalue weighted by molar-refractivity contribution is 6.30. The molecule has 0 radical (unpaired) electrons. The zero-order valence-electron chi connectivity index (χ0n) is 14.6. The second-order valence-electron chi connectivity index (χ2n) is 6.02. The summed E-state index contributed by atoms with van der Waals surface area (Å²) in [5, 5.41) is 6.26. The monoisotopic (exact) mass is 359 g/mol. The van der Waals surface area contributed by atoms with Crippen LogP contribution in [-0.2, 0) is 9.59 Å². The molecule has 2 N–H and O–H groups in total. The molecule has 0 aliphatic carbocycles.